The lowest BCUT2D eigenvalue weighted by Gasteiger charge is -2.25. The van der Waals surface area contributed by atoms with E-state index in [0.717, 1.165) is 43.1 Å². The molecule has 0 saturated carbocycles. The second kappa shape index (κ2) is 6.79. The van der Waals surface area contributed by atoms with Gasteiger partial charge in [-0.2, -0.15) is 0 Å². The van der Waals surface area contributed by atoms with Crippen LogP contribution < -0.4 is 14.8 Å². The molecular weight excluding hydrogens is 347 g/mol. The van der Waals surface area contributed by atoms with Crippen LogP contribution in [0.1, 0.15) is 36.9 Å². The summed E-state index contributed by atoms with van der Waals surface area (Å²) in [6, 6.07) is 9.80. The molecule has 0 spiro atoms. The number of pyridine rings is 1. The Morgan fingerprint density at radius 1 is 1.17 bits per heavy atom. The molecule has 0 radical (unpaired) electrons. The molecule has 4 rings (SSSR count). The number of halogens is 2. The summed E-state index contributed by atoms with van der Waals surface area (Å²) in [5.74, 6) is 1.25. The Morgan fingerprint density at radius 3 is 2.67 bits per heavy atom. The Kier molecular flexibility index (Phi) is 4.90. The van der Waals surface area contributed by atoms with Crippen molar-refractivity contribution in [3.05, 3.63) is 52.8 Å². The van der Waals surface area contributed by atoms with Crippen molar-refractivity contribution in [2.24, 2.45) is 0 Å². The van der Waals surface area contributed by atoms with Gasteiger partial charge < -0.3 is 14.8 Å². The summed E-state index contributed by atoms with van der Waals surface area (Å²) >= 11 is 5.93. The van der Waals surface area contributed by atoms with Gasteiger partial charge in [-0.05, 0) is 50.0 Å². The summed E-state index contributed by atoms with van der Waals surface area (Å²) in [4.78, 5) is 4.37. The number of para-hydroxylation sites is 1. The van der Waals surface area contributed by atoms with Crippen LogP contribution in [0.4, 0.5) is 0 Å². The van der Waals surface area contributed by atoms with Crippen LogP contribution in [0.3, 0.4) is 0 Å². The van der Waals surface area contributed by atoms with E-state index < -0.39 is 5.79 Å². The van der Waals surface area contributed by atoms with E-state index >= 15 is 0 Å². The van der Waals surface area contributed by atoms with Gasteiger partial charge in [0.2, 0.25) is 0 Å². The quantitative estimate of drug-likeness (QED) is 0.861. The number of nitrogens with zero attached hydrogens (tertiary/aromatic N) is 1. The Morgan fingerprint density at radius 2 is 1.96 bits per heavy atom. The molecule has 2 aliphatic heterocycles. The number of hydrogen-bond acceptors (Lipinski definition) is 4. The molecule has 1 fully saturated rings. The van der Waals surface area contributed by atoms with Crippen molar-refractivity contribution in [1.29, 1.82) is 0 Å². The minimum absolute atomic E-state index is 0. The first-order chi connectivity index (χ1) is 11.2. The number of hydrogen-bond donors (Lipinski definition) is 1. The molecule has 1 saturated heterocycles. The number of benzene rings is 1. The molecule has 1 unspecified atom stereocenters. The zero-order valence-electron chi connectivity index (χ0n) is 13.4. The highest BCUT2D eigenvalue weighted by molar-refractivity contribution is 6.30. The summed E-state index contributed by atoms with van der Waals surface area (Å²) in [5.41, 5.74) is 1.95. The topological polar surface area (TPSA) is 43.4 Å². The molecule has 0 bridgehead atoms. The zero-order chi connectivity index (χ0) is 15.9. The zero-order valence-corrected chi connectivity index (χ0v) is 15.0. The number of ether oxygens (including phenoxy) is 2. The third-order valence-electron chi connectivity index (χ3n) is 4.58. The molecule has 4 nitrogen and oxygen atoms in total. The second-order valence-corrected chi connectivity index (χ2v) is 6.65. The fourth-order valence-electron chi connectivity index (χ4n) is 3.35. The maximum atomic E-state index is 6.26. The highest BCUT2D eigenvalue weighted by Gasteiger charge is 2.42. The van der Waals surface area contributed by atoms with Crippen molar-refractivity contribution in [2.75, 3.05) is 13.1 Å². The van der Waals surface area contributed by atoms with Gasteiger partial charge in [-0.1, -0.05) is 23.7 Å². The maximum absolute atomic E-state index is 6.26. The molecule has 128 valence electrons. The Hall–Kier alpha value is -1.49. The largest absolute Gasteiger partial charge is 0.443 e. The Balaban J connectivity index is 0.00000169. The Labute approximate surface area is 152 Å². The van der Waals surface area contributed by atoms with Crippen molar-refractivity contribution in [3.8, 4) is 11.5 Å². The molecule has 2 aliphatic rings. The second-order valence-electron chi connectivity index (χ2n) is 6.21. The van der Waals surface area contributed by atoms with E-state index in [1.165, 1.54) is 5.56 Å². The van der Waals surface area contributed by atoms with Crippen molar-refractivity contribution in [2.45, 2.75) is 31.5 Å². The standard InChI is InChI=1S/C18H19ClN2O2.ClH/c1-18(16-6-5-13(19)11-21-16)22-15-4-2-3-14(17(15)23-18)12-7-9-20-10-8-12;/h2-6,11-12,20H,7-10H2,1H3;1H. The molecule has 0 amide bonds. The number of fused-ring (bicyclic) bond motifs is 1. The molecule has 1 atom stereocenters. The van der Waals surface area contributed by atoms with E-state index in [1.54, 1.807) is 12.3 Å². The highest BCUT2D eigenvalue weighted by atomic mass is 35.5. The molecular formula is C18H20Cl2N2O2. The molecule has 3 heterocycles. The van der Waals surface area contributed by atoms with Gasteiger partial charge in [0.25, 0.3) is 5.79 Å². The summed E-state index contributed by atoms with van der Waals surface area (Å²) in [7, 11) is 0. The molecule has 1 aromatic carbocycles. The normalized spacial score (nSPS) is 22.9. The molecule has 2 aromatic rings. The lowest BCUT2D eigenvalue weighted by Crippen LogP contribution is -2.32. The van der Waals surface area contributed by atoms with Crippen LogP contribution >= 0.6 is 24.0 Å². The fraction of sp³-hybridized carbons (Fsp3) is 0.389. The van der Waals surface area contributed by atoms with Crippen molar-refractivity contribution in [3.63, 3.8) is 0 Å². The van der Waals surface area contributed by atoms with Crippen LogP contribution in [-0.4, -0.2) is 18.1 Å². The van der Waals surface area contributed by atoms with Gasteiger partial charge in [-0.15, -0.1) is 12.4 Å². The minimum atomic E-state index is -0.907. The van der Waals surface area contributed by atoms with Crippen LogP contribution in [0.2, 0.25) is 5.02 Å². The van der Waals surface area contributed by atoms with E-state index in [9.17, 15) is 0 Å². The first-order valence-corrected chi connectivity index (χ1v) is 8.37. The SMILES string of the molecule is CC1(c2ccc(Cl)cn2)Oc2cccc(C3CCNCC3)c2O1.Cl. The van der Waals surface area contributed by atoms with E-state index in [4.69, 9.17) is 21.1 Å². The van der Waals surface area contributed by atoms with Crippen LogP contribution in [-0.2, 0) is 5.79 Å². The molecule has 1 aromatic heterocycles. The summed E-state index contributed by atoms with van der Waals surface area (Å²) in [6.07, 6.45) is 3.86. The summed E-state index contributed by atoms with van der Waals surface area (Å²) in [6.45, 7) is 3.99. The van der Waals surface area contributed by atoms with Crippen LogP contribution in [0.5, 0.6) is 11.5 Å². The average Bonchev–Trinajstić information content (AvgIpc) is 2.93. The van der Waals surface area contributed by atoms with Crippen molar-refractivity contribution in [1.82, 2.24) is 10.3 Å². The van der Waals surface area contributed by atoms with Crippen molar-refractivity contribution < 1.29 is 9.47 Å². The average molecular weight is 367 g/mol. The lowest BCUT2D eigenvalue weighted by molar-refractivity contribution is -0.0722. The van der Waals surface area contributed by atoms with Crippen molar-refractivity contribution >= 4 is 24.0 Å². The fourth-order valence-corrected chi connectivity index (χ4v) is 3.46. The summed E-state index contributed by atoms with van der Waals surface area (Å²) < 4.78 is 12.4. The van der Waals surface area contributed by atoms with Crippen LogP contribution in [0, 0.1) is 0 Å². The van der Waals surface area contributed by atoms with Gasteiger partial charge in [0, 0.05) is 18.7 Å². The third-order valence-corrected chi connectivity index (χ3v) is 4.81. The van der Waals surface area contributed by atoms with Crippen LogP contribution in [0.15, 0.2) is 36.5 Å². The Bertz CT molecular complexity index is 717. The number of nitrogens with one attached hydrogen (secondary N) is 1. The van der Waals surface area contributed by atoms with E-state index in [2.05, 4.69) is 16.4 Å². The predicted octanol–water partition coefficient (Wildman–Crippen LogP) is 4.27. The van der Waals surface area contributed by atoms with Crippen LogP contribution in [0.25, 0.3) is 0 Å². The molecule has 6 heteroatoms. The third kappa shape index (κ3) is 3.06. The molecule has 0 aliphatic carbocycles. The first-order valence-electron chi connectivity index (χ1n) is 7.99. The number of aromatic nitrogens is 1. The summed E-state index contributed by atoms with van der Waals surface area (Å²) in [5, 5.41) is 4.01. The van der Waals surface area contributed by atoms with Gasteiger partial charge in [-0.25, -0.2) is 0 Å². The first kappa shape index (κ1) is 17.3. The van der Waals surface area contributed by atoms with Gasteiger partial charge in [0.05, 0.1) is 5.02 Å². The maximum Gasteiger partial charge on any atom is 0.292 e. The van der Waals surface area contributed by atoms with Gasteiger partial charge in [0.1, 0.15) is 5.69 Å². The lowest BCUT2D eigenvalue weighted by atomic mass is 9.89. The van der Waals surface area contributed by atoms with E-state index in [-0.39, 0.29) is 12.4 Å². The number of piperidine rings is 1. The van der Waals surface area contributed by atoms with Gasteiger partial charge >= 0.3 is 0 Å². The molecule has 24 heavy (non-hydrogen) atoms. The van der Waals surface area contributed by atoms with E-state index in [1.807, 2.05) is 25.1 Å². The van der Waals surface area contributed by atoms with Gasteiger partial charge in [0.15, 0.2) is 11.5 Å². The van der Waals surface area contributed by atoms with E-state index in [0.29, 0.717) is 10.9 Å². The minimum Gasteiger partial charge on any atom is -0.443 e. The highest BCUT2D eigenvalue weighted by Crippen LogP contribution is 2.48. The predicted molar refractivity (Wildman–Crippen MR) is 96.4 cm³/mol. The smallest absolute Gasteiger partial charge is 0.292 e. The number of rotatable bonds is 2. The molecule has 1 N–H and O–H groups in total. The van der Waals surface area contributed by atoms with Gasteiger partial charge in [-0.3, -0.25) is 4.98 Å². The monoisotopic (exact) mass is 366 g/mol.